The highest BCUT2D eigenvalue weighted by Crippen LogP contribution is 2.31. The molecule has 28 heavy (non-hydrogen) atoms. The minimum absolute atomic E-state index is 0.0330. The first-order chi connectivity index (χ1) is 13.5. The van der Waals surface area contributed by atoms with Crippen molar-refractivity contribution in [1.82, 2.24) is 9.55 Å². The molecule has 10 heteroatoms. The second kappa shape index (κ2) is 7.36. The summed E-state index contributed by atoms with van der Waals surface area (Å²) in [6.45, 7) is 0.570. The van der Waals surface area contributed by atoms with Gasteiger partial charge in [-0.3, -0.25) is 24.3 Å². The monoisotopic (exact) mass is 416 g/mol. The predicted molar refractivity (Wildman–Crippen MR) is 109 cm³/mol. The Morgan fingerprint density at radius 2 is 2.21 bits per heavy atom. The van der Waals surface area contributed by atoms with Gasteiger partial charge < -0.3 is 4.90 Å². The number of fused-ring (bicyclic) bond motifs is 2. The Bertz CT molecular complexity index is 1150. The van der Waals surface area contributed by atoms with Gasteiger partial charge in [0.2, 0.25) is 5.91 Å². The van der Waals surface area contributed by atoms with Gasteiger partial charge in [0.25, 0.3) is 11.2 Å². The molecule has 4 rings (SSSR count). The number of benzene rings is 1. The van der Waals surface area contributed by atoms with Crippen molar-refractivity contribution in [3.63, 3.8) is 0 Å². The summed E-state index contributed by atoms with van der Waals surface area (Å²) in [4.78, 5) is 41.9. The number of aromatic nitrogens is 2. The molecule has 2 aromatic heterocycles. The fourth-order valence-electron chi connectivity index (χ4n) is 3.26. The van der Waals surface area contributed by atoms with Crippen molar-refractivity contribution in [2.45, 2.75) is 18.0 Å². The molecule has 3 heterocycles. The molecule has 0 atom stereocenters. The Morgan fingerprint density at radius 3 is 3.00 bits per heavy atom. The molecule has 0 spiro atoms. The van der Waals surface area contributed by atoms with Crippen molar-refractivity contribution < 1.29 is 9.72 Å². The van der Waals surface area contributed by atoms with Crippen LogP contribution in [0.4, 0.5) is 11.4 Å². The first-order valence-electron chi connectivity index (χ1n) is 8.60. The third kappa shape index (κ3) is 3.29. The maximum Gasteiger partial charge on any atom is 0.271 e. The molecule has 144 valence electrons. The number of thiophene rings is 1. The largest absolute Gasteiger partial charge is 0.311 e. The third-order valence-electron chi connectivity index (χ3n) is 4.66. The van der Waals surface area contributed by atoms with Crippen LogP contribution in [0.5, 0.6) is 0 Å². The third-order valence-corrected chi connectivity index (χ3v) is 6.57. The normalized spacial score (nSPS) is 13.5. The van der Waals surface area contributed by atoms with E-state index in [1.807, 2.05) is 5.38 Å². The summed E-state index contributed by atoms with van der Waals surface area (Å²) in [5.74, 6) is 0.0197. The zero-order chi connectivity index (χ0) is 19.8. The number of amides is 1. The maximum atomic E-state index is 12.8. The van der Waals surface area contributed by atoms with E-state index in [0.717, 1.165) is 17.7 Å². The fourth-order valence-corrected chi connectivity index (χ4v) is 4.91. The minimum Gasteiger partial charge on any atom is -0.311 e. The lowest BCUT2D eigenvalue weighted by Crippen LogP contribution is -2.36. The van der Waals surface area contributed by atoms with E-state index in [4.69, 9.17) is 0 Å². The highest BCUT2D eigenvalue weighted by Gasteiger charge is 2.25. The fraction of sp³-hybridized carbons (Fsp3) is 0.278. The number of aryl methyl sites for hydroxylation is 1. The number of nitro groups is 1. The molecule has 8 nitrogen and oxygen atoms in total. The van der Waals surface area contributed by atoms with Gasteiger partial charge in [-0.15, -0.1) is 11.3 Å². The Balaban J connectivity index is 1.55. The van der Waals surface area contributed by atoms with E-state index in [1.165, 1.54) is 39.8 Å². The van der Waals surface area contributed by atoms with Crippen molar-refractivity contribution in [1.29, 1.82) is 0 Å². The van der Waals surface area contributed by atoms with Crippen molar-refractivity contribution >= 4 is 50.6 Å². The molecule has 0 N–H and O–H groups in total. The zero-order valence-corrected chi connectivity index (χ0v) is 16.6. The maximum absolute atomic E-state index is 12.8. The van der Waals surface area contributed by atoms with Gasteiger partial charge in [-0.25, -0.2) is 4.98 Å². The van der Waals surface area contributed by atoms with E-state index in [0.29, 0.717) is 28.3 Å². The highest BCUT2D eigenvalue weighted by atomic mass is 32.2. The molecule has 0 saturated heterocycles. The highest BCUT2D eigenvalue weighted by molar-refractivity contribution is 7.99. The van der Waals surface area contributed by atoms with Gasteiger partial charge in [0.15, 0.2) is 5.16 Å². The van der Waals surface area contributed by atoms with Crippen LogP contribution in [0.3, 0.4) is 0 Å². The molecule has 1 amide bonds. The number of nitrogens with zero attached hydrogens (tertiary/aromatic N) is 4. The molecule has 0 saturated carbocycles. The van der Waals surface area contributed by atoms with Crippen LogP contribution < -0.4 is 10.5 Å². The number of thioether (sulfide) groups is 1. The summed E-state index contributed by atoms with van der Waals surface area (Å²) < 4.78 is 2.06. The SMILES string of the molecule is Cn1c(SCC(=O)N2CCCc3cc([N+](=O)[O-])ccc32)nc2ccsc2c1=O. The number of nitro benzene ring substituents is 1. The Morgan fingerprint density at radius 1 is 1.39 bits per heavy atom. The van der Waals surface area contributed by atoms with Gasteiger partial charge in [-0.05, 0) is 35.9 Å². The molecule has 0 bridgehead atoms. The first kappa shape index (κ1) is 18.6. The predicted octanol–water partition coefficient (Wildman–Crippen LogP) is 2.97. The van der Waals surface area contributed by atoms with Gasteiger partial charge in [-0.1, -0.05) is 11.8 Å². The number of hydrogen-bond donors (Lipinski definition) is 0. The molecule has 3 aromatic rings. The second-order valence-corrected chi connectivity index (χ2v) is 8.26. The summed E-state index contributed by atoms with van der Waals surface area (Å²) in [5.41, 5.74) is 2.08. The standard InChI is InChI=1S/C18H16N4O4S2/c1-20-17(24)16-13(6-8-27-16)19-18(20)28-10-15(23)21-7-2-3-11-9-12(22(25)26)4-5-14(11)21/h4-6,8-9H,2-3,7,10H2,1H3. The van der Waals surface area contributed by atoms with E-state index < -0.39 is 4.92 Å². The Hall–Kier alpha value is -2.72. The molecular formula is C18H16N4O4S2. The first-order valence-corrected chi connectivity index (χ1v) is 10.5. The van der Waals surface area contributed by atoms with Crippen molar-refractivity contribution in [2.75, 3.05) is 17.2 Å². The van der Waals surface area contributed by atoms with E-state index >= 15 is 0 Å². The van der Waals surface area contributed by atoms with Crippen LogP contribution in [0.15, 0.2) is 39.6 Å². The number of non-ortho nitro benzene ring substituents is 1. The van der Waals surface area contributed by atoms with Crippen LogP contribution in [0.1, 0.15) is 12.0 Å². The van der Waals surface area contributed by atoms with Crippen LogP contribution in [-0.4, -0.2) is 32.7 Å². The van der Waals surface area contributed by atoms with Gasteiger partial charge in [-0.2, -0.15) is 0 Å². The van der Waals surface area contributed by atoms with Gasteiger partial charge in [0.1, 0.15) is 4.70 Å². The van der Waals surface area contributed by atoms with Crippen molar-refractivity contribution in [2.24, 2.45) is 7.05 Å². The number of hydrogen-bond acceptors (Lipinski definition) is 7. The van der Waals surface area contributed by atoms with E-state index in [9.17, 15) is 19.7 Å². The summed E-state index contributed by atoms with van der Waals surface area (Å²) in [6.07, 6.45) is 1.46. The average molecular weight is 416 g/mol. The smallest absolute Gasteiger partial charge is 0.271 e. The molecule has 1 aliphatic heterocycles. The number of anilines is 1. The van der Waals surface area contributed by atoms with E-state index in [-0.39, 0.29) is 22.9 Å². The lowest BCUT2D eigenvalue weighted by atomic mass is 10.0. The molecular weight excluding hydrogens is 400 g/mol. The van der Waals surface area contributed by atoms with Gasteiger partial charge in [0.05, 0.1) is 16.2 Å². The lowest BCUT2D eigenvalue weighted by Gasteiger charge is -2.29. The molecule has 0 radical (unpaired) electrons. The number of rotatable bonds is 4. The van der Waals surface area contributed by atoms with E-state index in [1.54, 1.807) is 24.1 Å². The molecule has 0 unspecified atom stereocenters. The van der Waals surface area contributed by atoms with Crippen molar-refractivity contribution in [3.05, 3.63) is 55.7 Å². The van der Waals surface area contributed by atoms with Crippen LogP contribution in [-0.2, 0) is 18.3 Å². The second-order valence-electron chi connectivity index (χ2n) is 6.40. The number of carbonyl (C=O) groups excluding carboxylic acids is 1. The number of carbonyl (C=O) groups is 1. The Labute approximate surface area is 168 Å². The summed E-state index contributed by atoms with van der Waals surface area (Å²) in [5, 5.41) is 13.3. The van der Waals surface area contributed by atoms with Gasteiger partial charge >= 0.3 is 0 Å². The zero-order valence-electron chi connectivity index (χ0n) is 15.0. The van der Waals surface area contributed by atoms with Crippen LogP contribution >= 0.6 is 23.1 Å². The van der Waals surface area contributed by atoms with Gasteiger partial charge in [0, 0.05) is 31.4 Å². The van der Waals surface area contributed by atoms with Crippen LogP contribution in [0.25, 0.3) is 10.2 Å². The summed E-state index contributed by atoms with van der Waals surface area (Å²) in [6, 6.07) is 6.40. The Kier molecular flexibility index (Phi) is 4.90. The minimum atomic E-state index is -0.427. The molecule has 1 aliphatic rings. The topological polar surface area (TPSA) is 98.3 Å². The quantitative estimate of drug-likeness (QED) is 0.281. The lowest BCUT2D eigenvalue weighted by molar-refractivity contribution is -0.384. The van der Waals surface area contributed by atoms with Crippen LogP contribution in [0.2, 0.25) is 0 Å². The summed E-state index contributed by atoms with van der Waals surface area (Å²) in [7, 11) is 1.65. The van der Waals surface area contributed by atoms with E-state index in [2.05, 4.69) is 4.98 Å². The molecule has 0 aliphatic carbocycles. The average Bonchev–Trinajstić information content (AvgIpc) is 3.17. The van der Waals surface area contributed by atoms with Crippen LogP contribution in [0, 0.1) is 10.1 Å². The molecule has 0 fully saturated rings. The summed E-state index contributed by atoms with van der Waals surface area (Å²) >= 11 is 2.57. The molecule has 1 aromatic carbocycles. The van der Waals surface area contributed by atoms with Crippen molar-refractivity contribution in [3.8, 4) is 0 Å².